The molecule has 8 nitrogen and oxygen atoms in total. The van der Waals surface area contributed by atoms with Crippen LogP contribution in [0, 0.1) is 16.7 Å². The molecule has 0 aromatic carbocycles. The fourth-order valence-electron chi connectivity index (χ4n) is 4.26. The van der Waals surface area contributed by atoms with Crippen LogP contribution in [0.4, 0.5) is 0 Å². The fraction of sp³-hybridized carbons (Fsp3) is 0.867. The van der Waals surface area contributed by atoms with Crippen molar-refractivity contribution in [2.45, 2.75) is 45.6 Å². The third-order valence-electron chi connectivity index (χ3n) is 5.97. The van der Waals surface area contributed by atoms with Gasteiger partial charge in [-0.05, 0) is 30.6 Å². The molecule has 2 bridgehead atoms. The Kier molecular flexibility index (Phi) is 5.13. The van der Waals surface area contributed by atoms with Gasteiger partial charge in [0, 0.05) is 18.1 Å². The van der Waals surface area contributed by atoms with Crippen molar-refractivity contribution >= 4 is 31.6 Å². The molecule has 0 aliphatic heterocycles. The van der Waals surface area contributed by atoms with Gasteiger partial charge in [0.05, 0.1) is 11.5 Å². The molecule has 0 heterocycles. The van der Waals surface area contributed by atoms with E-state index < -0.39 is 54.2 Å². The average Bonchev–Trinajstić information content (AvgIpc) is 2.75. The molecule has 0 saturated heterocycles. The second-order valence-electron chi connectivity index (χ2n) is 7.85. The lowest BCUT2D eigenvalue weighted by atomic mass is 9.70. The highest BCUT2D eigenvalue weighted by atomic mass is 32.2. The summed E-state index contributed by atoms with van der Waals surface area (Å²) in [7, 11) is -7.49. The standard InChI is InChI=1S/C15H25NO7S2/c1-14(2)10-4-6-15(14,12(17)8-10)9-25(22,23)16-11(13(18)19)5-7-24(3,20)21/h10-11,16H,4-9H2,1-3H3,(H,18,19). The van der Waals surface area contributed by atoms with Crippen LogP contribution in [0.3, 0.4) is 0 Å². The zero-order valence-corrected chi connectivity index (χ0v) is 16.2. The summed E-state index contributed by atoms with van der Waals surface area (Å²) in [4.78, 5) is 23.7. The van der Waals surface area contributed by atoms with Crippen LogP contribution in [0.5, 0.6) is 0 Å². The maximum Gasteiger partial charge on any atom is 0.321 e. The Morgan fingerprint density at radius 2 is 1.92 bits per heavy atom. The quantitative estimate of drug-likeness (QED) is 0.599. The third-order valence-corrected chi connectivity index (χ3v) is 8.47. The number of sulfonamides is 1. The van der Waals surface area contributed by atoms with Gasteiger partial charge in [0.2, 0.25) is 10.0 Å². The molecule has 0 aromatic heterocycles. The van der Waals surface area contributed by atoms with Crippen LogP contribution >= 0.6 is 0 Å². The summed E-state index contributed by atoms with van der Waals surface area (Å²) in [6.45, 7) is 3.78. The van der Waals surface area contributed by atoms with Crippen LogP contribution < -0.4 is 4.72 Å². The highest BCUT2D eigenvalue weighted by Gasteiger charge is 2.65. The number of Topliss-reactive ketones (excluding diaryl/α,β-unsaturated/α-hetero) is 1. The summed E-state index contributed by atoms with van der Waals surface area (Å²) in [5.41, 5.74) is -1.45. The molecule has 3 unspecified atom stereocenters. The van der Waals surface area contributed by atoms with Crippen molar-refractivity contribution in [1.29, 1.82) is 0 Å². The van der Waals surface area contributed by atoms with Gasteiger partial charge in [-0.25, -0.2) is 21.6 Å². The van der Waals surface area contributed by atoms with Crippen LogP contribution in [-0.2, 0) is 29.4 Å². The Bertz CT molecular complexity index is 785. The first kappa shape index (κ1) is 20.3. The first-order chi connectivity index (χ1) is 11.2. The topological polar surface area (TPSA) is 135 Å². The average molecular weight is 395 g/mol. The molecule has 25 heavy (non-hydrogen) atoms. The van der Waals surface area contributed by atoms with Crippen LogP contribution in [0.15, 0.2) is 0 Å². The zero-order chi connectivity index (χ0) is 19.3. The van der Waals surface area contributed by atoms with Gasteiger partial charge in [-0.2, -0.15) is 0 Å². The van der Waals surface area contributed by atoms with Crippen molar-refractivity contribution < 1.29 is 31.5 Å². The number of carbonyl (C=O) groups excluding carboxylic acids is 1. The maximum atomic E-state index is 12.6. The molecule has 2 fully saturated rings. The highest BCUT2D eigenvalue weighted by molar-refractivity contribution is 7.90. The molecular weight excluding hydrogens is 370 g/mol. The lowest BCUT2D eigenvalue weighted by Crippen LogP contribution is -2.49. The molecule has 2 rings (SSSR count). The van der Waals surface area contributed by atoms with E-state index in [4.69, 9.17) is 0 Å². The summed E-state index contributed by atoms with van der Waals surface area (Å²) in [6.07, 6.45) is 2.22. The van der Waals surface area contributed by atoms with Gasteiger partial charge in [0.25, 0.3) is 0 Å². The zero-order valence-electron chi connectivity index (χ0n) is 14.6. The van der Waals surface area contributed by atoms with Crippen LogP contribution in [0.1, 0.15) is 39.5 Å². The van der Waals surface area contributed by atoms with E-state index in [0.29, 0.717) is 12.8 Å². The van der Waals surface area contributed by atoms with Gasteiger partial charge >= 0.3 is 5.97 Å². The highest BCUT2D eigenvalue weighted by Crippen LogP contribution is 2.64. The number of ketones is 1. The summed E-state index contributed by atoms with van der Waals surface area (Å²) < 4.78 is 49.7. The van der Waals surface area contributed by atoms with Gasteiger partial charge in [-0.15, -0.1) is 0 Å². The molecule has 2 aliphatic rings. The minimum atomic E-state index is -4.07. The number of rotatable bonds is 8. The largest absolute Gasteiger partial charge is 0.480 e. The number of hydrogen-bond donors (Lipinski definition) is 2. The third kappa shape index (κ3) is 3.90. The van der Waals surface area contributed by atoms with E-state index in [1.54, 1.807) is 0 Å². The number of carbonyl (C=O) groups is 2. The molecule has 144 valence electrons. The smallest absolute Gasteiger partial charge is 0.321 e. The van der Waals surface area contributed by atoms with Crippen molar-refractivity contribution in [2.75, 3.05) is 17.8 Å². The molecule has 2 aliphatic carbocycles. The monoisotopic (exact) mass is 395 g/mol. The molecular formula is C15H25NO7S2. The van der Waals surface area contributed by atoms with Crippen molar-refractivity contribution in [3.05, 3.63) is 0 Å². The Labute approximate surface area is 148 Å². The molecule has 0 aromatic rings. The minimum Gasteiger partial charge on any atom is -0.480 e. The lowest BCUT2D eigenvalue weighted by Gasteiger charge is -2.36. The number of nitrogens with one attached hydrogen (secondary N) is 1. The number of carboxylic acids is 1. The SMILES string of the molecule is CC1(C)C2CCC1(CS(=O)(=O)NC(CCS(C)(=O)=O)C(=O)O)C(=O)C2. The predicted octanol–water partition coefficient (Wildman–Crippen LogP) is 0.189. The first-order valence-corrected chi connectivity index (χ1v) is 11.9. The Hall–Kier alpha value is -1.00. The Morgan fingerprint density at radius 3 is 2.32 bits per heavy atom. The fourth-order valence-corrected chi connectivity index (χ4v) is 6.98. The molecule has 10 heteroatoms. The van der Waals surface area contributed by atoms with Gasteiger partial charge in [0.1, 0.15) is 21.7 Å². The van der Waals surface area contributed by atoms with E-state index in [2.05, 4.69) is 4.72 Å². The van der Waals surface area contributed by atoms with Crippen LogP contribution in [-0.4, -0.2) is 57.5 Å². The second kappa shape index (κ2) is 6.31. The number of hydrogen-bond acceptors (Lipinski definition) is 6. The number of carboxylic acid groups (broad SMARTS) is 1. The summed E-state index contributed by atoms with van der Waals surface area (Å²) >= 11 is 0. The normalized spacial score (nSPS) is 29.7. The van der Waals surface area contributed by atoms with Crippen molar-refractivity contribution in [3.8, 4) is 0 Å². The first-order valence-electron chi connectivity index (χ1n) is 8.14. The van der Waals surface area contributed by atoms with Gasteiger partial charge in [-0.3, -0.25) is 9.59 Å². The van der Waals surface area contributed by atoms with E-state index in [9.17, 15) is 31.5 Å². The number of aliphatic carboxylic acids is 1. The van der Waals surface area contributed by atoms with Crippen molar-refractivity contribution in [3.63, 3.8) is 0 Å². The Morgan fingerprint density at radius 1 is 1.32 bits per heavy atom. The maximum absolute atomic E-state index is 12.6. The molecule has 2 N–H and O–H groups in total. The molecule has 0 spiro atoms. The van der Waals surface area contributed by atoms with Crippen molar-refractivity contribution in [1.82, 2.24) is 4.72 Å². The lowest BCUT2D eigenvalue weighted by molar-refractivity contribution is -0.139. The van der Waals surface area contributed by atoms with Gasteiger partial charge in [0.15, 0.2) is 0 Å². The van der Waals surface area contributed by atoms with E-state index in [1.165, 1.54) is 0 Å². The van der Waals surface area contributed by atoms with Crippen LogP contribution in [0.2, 0.25) is 0 Å². The van der Waals surface area contributed by atoms with E-state index in [1.807, 2.05) is 13.8 Å². The molecule has 2 saturated carbocycles. The number of sulfone groups is 1. The van der Waals surface area contributed by atoms with Gasteiger partial charge < -0.3 is 5.11 Å². The van der Waals surface area contributed by atoms with Gasteiger partial charge in [-0.1, -0.05) is 13.8 Å². The van der Waals surface area contributed by atoms with E-state index >= 15 is 0 Å². The Balaban J connectivity index is 2.18. The molecule has 0 radical (unpaired) electrons. The number of fused-ring (bicyclic) bond motifs is 2. The molecule has 0 amide bonds. The van der Waals surface area contributed by atoms with E-state index in [-0.39, 0.29) is 18.1 Å². The van der Waals surface area contributed by atoms with Crippen LogP contribution in [0.25, 0.3) is 0 Å². The van der Waals surface area contributed by atoms with E-state index in [0.717, 1.165) is 12.7 Å². The summed E-state index contributed by atoms with van der Waals surface area (Å²) in [5.74, 6) is -2.27. The minimum absolute atomic E-state index is 0.0814. The molecule has 3 atom stereocenters. The second-order valence-corrected chi connectivity index (χ2v) is 11.9. The summed E-state index contributed by atoms with van der Waals surface area (Å²) in [6, 6.07) is -1.53. The summed E-state index contributed by atoms with van der Waals surface area (Å²) in [5, 5.41) is 9.19. The predicted molar refractivity (Wildman–Crippen MR) is 91.2 cm³/mol. The van der Waals surface area contributed by atoms with Crippen molar-refractivity contribution in [2.24, 2.45) is 16.7 Å².